The van der Waals surface area contributed by atoms with Crippen molar-refractivity contribution in [3.63, 3.8) is 0 Å². The molecule has 1 rings (SSSR count). The monoisotopic (exact) mass is 254 g/mol. The molecule has 0 aromatic carbocycles. The summed E-state index contributed by atoms with van der Waals surface area (Å²) in [6.07, 6.45) is 0.315. The predicted molar refractivity (Wildman–Crippen MR) is 64.9 cm³/mol. The first-order valence-electron chi connectivity index (χ1n) is 5.59. The molecule has 0 saturated heterocycles. The number of nitrogens with zero attached hydrogens (tertiary/aromatic N) is 2. The smallest absolute Gasteiger partial charge is 0.325 e. The summed E-state index contributed by atoms with van der Waals surface area (Å²) in [5.41, 5.74) is 7.41. The van der Waals surface area contributed by atoms with Crippen molar-refractivity contribution in [3.8, 4) is 0 Å². The second-order valence-electron chi connectivity index (χ2n) is 4.28. The van der Waals surface area contributed by atoms with Crippen LogP contribution in [0, 0.1) is 6.92 Å². The lowest BCUT2D eigenvalue weighted by molar-refractivity contribution is -0.141. The van der Waals surface area contributed by atoms with Crippen molar-refractivity contribution < 1.29 is 14.7 Å². The summed E-state index contributed by atoms with van der Waals surface area (Å²) in [5, 5.41) is 15.2. The molecule has 18 heavy (non-hydrogen) atoms. The van der Waals surface area contributed by atoms with E-state index in [0.29, 0.717) is 6.42 Å². The van der Waals surface area contributed by atoms with Gasteiger partial charge in [0.25, 0.3) is 0 Å². The maximum atomic E-state index is 11.7. The summed E-state index contributed by atoms with van der Waals surface area (Å²) in [4.78, 5) is 22.3. The second kappa shape index (κ2) is 5.63. The number of carbonyl (C=O) groups excluding carboxylic acids is 1. The lowest BCUT2D eigenvalue weighted by Crippen LogP contribution is -2.48. The van der Waals surface area contributed by atoms with Crippen LogP contribution in [0.4, 0.5) is 0 Å². The topological polar surface area (TPSA) is 110 Å². The lowest BCUT2D eigenvalue weighted by atomic mass is 10.1. The third kappa shape index (κ3) is 3.56. The van der Waals surface area contributed by atoms with E-state index in [1.807, 2.05) is 13.0 Å². The molecule has 7 heteroatoms. The molecular formula is C11H18N4O3. The van der Waals surface area contributed by atoms with E-state index < -0.39 is 24.0 Å². The van der Waals surface area contributed by atoms with Crippen LogP contribution in [0.5, 0.6) is 0 Å². The molecule has 0 fully saturated rings. The molecule has 0 aliphatic rings. The van der Waals surface area contributed by atoms with Crippen molar-refractivity contribution >= 4 is 11.9 Å². The third-order valence-electron chi connectivity index (χ3n) is 2.59. The number of carboxylic acid groups (broad SMARTS) is 1. The third-order valence-corrected chi connectivity index (χ3v) is 2.59. The molecule has 1 heterocycles. The first-order valence-corrected chi connectivity index (χ1v) is 5.59. The van der Waals surface area contributed by atoms with Gasteiger partial charge in [0, 0.05) is 19.2 Å². The van der Waals surface area contributed by atoms with Crippen molar-refractivity contribution in [1.29, 1.82) is 0 Å². The van der Waals surface area contributed by atoms with Gasteiger partial charge in [-0.3, -0.25) is 14.3 Å². The lowest BCUT2D eigenvalue weighted by Gasteiger charge is -2.14. The molecule has 0 aliphatic carbocycles. The van der Waals surface area contributed by atoms with Crippen molar-refractivity contribution in [3.05, 3.63) is 17.5 Å². The van der Waals surface area contributed by atoms with Crippen LogP contribution in [0.2, 0.25) is 0 Å². The van der Waals surface area contributed by atoms with Crippen LogP contribution in [0.3, 0.4) is 0 Å². The summed E-state index contributed by atoms with van der Waals surface area (Å²) >= 11 is 0. The Labute approximate surface area is 105 Å². The summed E-state index contributed by atoms with van der Waals surface area (Å²) in [5.74, 6) is -1.57. The molecule has 1 aromatic rings. The van der Waals surface area contributed by atoms with Crippen LogP contribution in [-0.2, 0) is 23.1 Å². The van der Waals surface area contributed by atoms with Gasteiger partial charge in [-0.15, -0.1) is 0 Å². The predicted octanol–water partition coefficient (Wildman–Crippen LogP) is -0.812. The number of carbonyl (C=O) groups is 2. The molecule has 0 aliphatic heterocycles. The van der Waals surface area contributed by atoms with Gasteiger partial charge in [-0.1, -0.05) is 0 Å². The van der Waals surface area contributed by atoms with Crippen molar-refractivity contribution in [2.45, 2.75) is 32.4 Å². The number of nitrogens with one attached hydrogen (secondary N) is 1. The fourth-order valence-electron chi connectivity index (χ4n) is 1.56. The van der Waals surface area contributed by atoms with Gasteiger partial charge in [0.15, 0.2) is 0 Å². The van der Waals surface area contributed by atoms with Gasteiger partial charge in [-0.05, 0) is 19.9 Å². The number of rotatable bonds is 5. The quantitative estimate of drug-likeness (QED) is 0.636. The highest BCUT2D eigenvalue weighted by Gasteiger charge is 2.20. The van der Waals surface area contributed by atoms with E-state index in [-0.39, 0.29) is 0 Å². The average Bonchev–Trinajstić information content (AvgIpc) is 2.56. The van der Waals surface area contributed by atoms with Gasteiger partial charge in [0.05, 0.1) is 11.7 Å². The van der Waals surface area contributed by atoms with Crippen LogP contribution >= 0.6 is 0 Å². The summed E-state index contributed by atoms with van der Waals surface area (Å²) in [7, 11) is 1.77. The number of hydrogen-bond donors (Lipinski definition) is 3. The van der Waals surface area contributed by atoms with Crippen LogP contribution in [-0.4, -0.2) is 38.8 Å². The van der Waals surface area contributed by atoms with E-state index in [9.17, 15) is 9.59 Å². The second-order valence-corrected chi connectivity index (χ2v) is 4.28. The van der Waals surface area contributed by atoms with Gasteiger partial charge in [0.1, 0.15) is 6.04 Å². The van der Waals surface area contributed by atoms with Crippen molar-refractivity contribution in [1.82, 2.24) is 15.1 Å². The zero-order chi connectivity index (χ0) is 13.9. The van der Waals surface area contributed by atoms with E-state index in [1.165, 1.54) is 6.92 Å². The normalized spacial score (nSPS) is 14.0. The minimum absolute atomic E-state index is 0.315. The molecule has 2 atom stereocenters. The SMILES string of the molecule is Cc1cc(C[C@H](N)C(=O)N[C@H](C)C(=O)O)n(C)n1. The minimum atomic E-state index is -1.09. The van der Waals surface area contributed by atoms with E-state index in [4.69, 9.17) is 10.8 Å². The number of aromatic nitrogens is 2. The highest BCUT2D eigenvalue weighted by atomic mass is 16.4. The van der Waals surface area contributed by atoms with Gasteiger partial charge in [-0.25, -0.2) is 0 Å². The van der Waals surface area contributed by atoms with Crippen LogP contribution < -0.4 is 11.1 Å². The Kier molecular flexibility index (Phi) is 4.43. The molecule has 1 aromatic heterocycles. The van der Waals surface area contributed by atoms with Gasteiger partial charge in [-0.2, -0.15) is 5.10 Å². The molecule has 0 saturated carbocycles. The number of amides is 1. The van der Waals surface area contributed by atoms with E-state index in [2.05, 4.69) is 10.4 Å². The highest BCUT2D eigenvalue weighted by Crippen LogP contribution is 2.04. The van der Waals surface area contributed by atoms with E-state index in [1.54, 1.807) is 11.7 Å². The fourth-order valence-corrected chi connectivity index (χ4v) is 1.56. The fraction of sp³-hybridized carbons (Fsp3) is 0.545. The number of nitrogens with two attached hydrogens (primary N) is 1. The van der Waals surface area contributed by atoms with E-state index in [0.717, 1.165) is 11.4 Å². The summed E-state index contributed by atoms with van der Waals surface area (Å²) < 4.78 is 1.66. The molecule has 0 spiro atoms. The van der Waals surface area contributed by atoms with Crippen LogP contribution in [0.15, 0.2) is 6.07 Å². The number of aliphatic carboxylic acids is 1. The Balaban J connectivity index is 2.60. The Morgan fingerprint density at radius 2 is 2.22 bits per heavy atom. The summed E-state index contributed by atoms with van der Waals surface area (Å²) in [6.45, 7) is 3.24. The van der Waals surface area contributed by atoms with Crippen LogP contribution in [0.1, 0.15) is 18.3 Å². The molecule has 7 nitrogen and oxygen atoms in total. The van der Waals surface area contributed by atoms with Crippen molar-refractivity contribution in [2.75, 3.05) is 0 Å². The number of aryl methyl sites for hydroxylation is 2. The number of hydrogen-bond acceptors (Lipinski definition) is 4. The maximum Gasteiger partial charge on any atom is 0.325 e. The number of carboxylic acids is 1. The Morgan fingerprint density at radius 1 is 1.61 bits per heavy atom. The molecule has 4 N–H and O–H groups in total. The summed E-state index contributed by atoms with van der Waals surface area (Å²) in [6, 6.07) is 0.103. The molecule has 0 bridgehead atoms. The first-order chi connectivity index (χ1) is 8.31. The standard InChI is InChI=1S/C11H18N4O3/c1-6-4-8(15(3)14-6)5-9(12)10(16)13-7(2)11(17)18/h4,7,9H,5,12H2,1-3H3,(H,13,16)(H,17,18)/t7-,9+/m1/s1. The molecular weight excluding hydrogens is 236 g/mol. The maximum absolute atomic E-state index is 11.7. The van der Waals surface area contributed by atoms with Crippen LogP contribution in [0.25, 0.3) is 0 Å². The highest BCUT2D eigenvalue weighted by molar-refractivity contribution is 5.86. The van der Waals surface area contributed by atoms with Gasteiger partial charge < -0.3 is 16.2 Å². The van der Waals surface area contributed by atoms with Crippen molar-refractivity contribution in [2.24, 2.45) is 12.8 Å². The first kappa shape index (κ1) is 14.2. The molecule has 0 radical (unpaired) electrons. The molecule has 100 valence electrons. The average molecular weight is 254 g/mol. The van der Waals surface area contributed by atoms with E-state index >= 15 is 0 Å². The Bertz CT molecular complexity index is 455. The zero-order valence-electron chi connectivity index (χ0n) is 10.7. The largest absolute Gasteiger partial charge is 0.480 e. The zero-order valence-corrected chi connectivity index (χ0v) is 10.7. The molecule has 1 amide bonds. The Hall–Kier alpha value is -1.89. The minimum Gasteiger partial charge on any atom is -0.480 e. The van der Waals surface area contributed by atoms with Gasteiger partial charge >= 0.3 is 5.97 Å². The Morgan fingerprint density at radius 3 is 2.67 bits per heavy atom. The molecule has 0 unspecified atom stereocenters. The van der Waals surface area contributed by atoms with Gasteiger partial charge in [0.2, 0.25) is 5.91 Å².